The van der Waals surface area contributed by atoms with Gasteiger partial charge >= 0.3 is 5.97 Å². The van der Waals surface area contributed by atoms with Crippen molar-refractivity contribution >= 4 is 17.6 Å². The highest BCUT2D eigenvalue weighted by atomic mass is 35.5. The van der Waals surface area contributed by atoms with Crippen molar-refractivity contribution in [3.05, 3.63) is 28.8 Å². The minimum absolute atomic E-state index is 0.391. The zero-order chi connectivity index (χ0) is 15.0. The fraction of sp³-hybridized carbons (Fsp3) is 0.533. The highest BCUT2D eigenvalue weighted by Crippen LogP contribution is 2.26. The molecule has 2 N–H and O–H groups in total. The van der Waals surface area contributed by atoms with Gasteiger partial charge in [-0.25, -0.2) is 0 Å². The van der Waals surface area contributed by atoms with E-state index >= 15 is 0 Å². The Morgan fingerprint density at radius 1 is 1.40 bits per heavy atom. The third kappa shape index (κ3) is 5.39. The smallest absolute Gasteiger partial charge is 0.322 e. The Balaban J connectivity index is 2.56. The monoisotopic (exact) mass is 299 g/mol. The number of methoxy groups -OCH3 is 1. The summed E-state index contributed by atoms with van der Waals surface area (Å²) in [6.07, 6.45) is 3.70. The molecule has 1 aromatic carbocycles. The van der Waals surface area contributed by atoms with E-state index in [1.165, 1.54) is 7.11 Å². The predicted molar refractivity (Wildman–Crippen MR) is 80.2 cm³/mol. The molecule has 1 rings (SSSR count). The second-order valence-corrected chi connectivity index (χ2v) is 5.06. The standard InChI is InChI=1S/C15H22ClNO3/c1-3-4-5-8-20-14-7-6-11(9-12(14)16)10-13(17)15(18)19-2/h6-7,9,13H,3-5,8,10,17H2,1-2H3/t13-/m0/s1. The van der Waals surface area contributed by atoms with Crippen LogP contribution in [0.5, 0.6) is 5.75 Å². The van der Waals surface area contributed by atoms with E-state index in [9.17, 15) is 4.79 Å². The third-order valence-electron chi connectivity index (χ3n) is 2.96. The molecule has 1 atom stereocenters. The van der Waals surface area contributed by atoms with Gasteiger partial charge in [-0.15, -0.1) is 0 Å². The van der Waals surface area contributed by atoms with Gasteiger partial charge in [-0.2, -0.15) is 0 Å². The lowest BCUT2D eigenvalue weighted by atomic mass is 10.1. The zero-order valence-electron chi connectivity index (χ0n) is 12.0. The van der Waals surface area contributed by atoms with Gasteiger partial charge in [-0.1, -0.05) is 37.4 Å². The molecule has 20 heavy (non-hydrogen) atoms. The Morgan fingerprint density at radius 2 is 2.15 bits per heavy atom. The fourth-order valence-electron chi connectivity index (χ4n) is 1.81. The average molecular weight is 300 g/mol. The van der Waals surface area contributed by atoms with Gasteiger partial charge in [-0.3, -0.25) is 4.79 Å². The van der Waals surface area contributed by atoms with Crippen molar-refractivity contribution in [2.24, 2.45) is 5.73 Å². The van der Waals surface area contributed by atoms with Crippen LogP contribution in [0.1, 0.15) is 31.7 Å². The summed E-state index contributed by atoms with van der Waals surface area (Å²) in [6, 6.07) is 4.78. The van der Waals surface area contributed by atoms with Crippen LogP contribution in [-0.2, 0) is 16.0 Å². The van der Waals surface area contributed by atoms with Crippen LogP contribution in [0.3, 0.4) is 0 Å². The molecule has 0 heterocycles. The van der Waals surface area contributed by atoms with Crippen molar-refractivity contribution in [3.63, 3.8) is 0 Å². The minimum Gasteiger partial charge on any atom is -0.492 e. The molecule has 0 spiro atoms. The summed E-state index contributed by atoms with van der Waals surface area (Å²) in [5.41, 5.74) is 6.60. The SMILES string of the molecule is CCCCCOc1ccc(C[C@H](N)C(=O)OC)cc1Cl. The van der Waals surface area contributed by atoms with E-state index in [0.717, 1.165) is 24.8 Å². The van der Waals surface area contributed by atoms with E-state index in [2.05, 4.69) is 11.7 Å². The van der Waals surface area contributed by atoms with E-state index < -0.39 is 12.0 Å². The number of halogens is 1. The van der Waals surface area contributed by atoms with Crippen LogP contribution in [0.15, 0.2) is 18.2 Å². The molecule has 0 unspecified atom stereocenters. The first-order valence-electron chi connectivity index (χ1n) is 6.83. The quantitative estimate of drug-likeness (QED) is 0.592. The second kappa shape index (κ2) is 8.82. The Bertz CT molecular complexity index is 437. The number of benzene rings is 1. The first kappa shape index (κ1) is 16.8. The van der Waals surface area contributed by atoms with Gasteiger partial charge < -0.3 is 15.2 Å². The summed E-state index contributed by atoms with van der Waals surface area (Å²) in [7, 11) is 1.32. The van der Waals surface area contributed by atoms with Crippen molar-refractivity contribution < 1.29 is 14.3 Å². The molecule has 0 aliphatic heterocycles. The molecule has 0 aliphatic rings. The molecular formula is C15H22ClNO3. The van der Waals surface area contributed by atoms with Crippen LogP contribution in [0.25, 0.3) is 0 Å². The summed E-state index contributed by atoms with van der Waals surface area (Å²) in [5, 5.41) is 0.538. The molecule has 0 amide bonds. The van der Waals surface area contributed by atoms with Crippen molar-refractivity contribution in [2.45, 2.75) is 38.6 Å². The molecular weight excluding hydrogens is 278 g/mol. The van der Waals surface area contributed by atoms with Gasteiger partial charge in [0.1, 0.15) is 11.8 Å². The maximum Gasteiger partial charge on any atom is 0.322 e. The van der Waals surface area contributed by atoms with E-state index in [1.54, 1.807) is 6.07 Å². The summed E-state index contributed by atoms with van der Waals surface area (Å²) in [4.78, 5) is 11.3. The number of hydrogen-bond donors (Lipinski definition) is 1. The van der Waals surface area contributed by atoms with E-state index in [0.29, 0.717) is 23.8 Å². The predicted octanol–water partition coefficient (Wildman–Crippen LogP) is 2.95. The Hall–Kier alpha value is -1.26. The molecule has 5 heteroatoms. The molecule has 0 aliphatic carbocycles. The van der Waals surface area contributed by atoms with Gasteiger partial charge in [0.2, 0.25) is 0 Å². The zero-order valence-corrected chi connectivity index (χ0v) is 12.8. The molecule has 0 saturated carbocycles. The van der Waals surface area contributed by atoms with Gasteiger partial charge in [0.15, 0.2) is 0 Å². The number of ether oxygens (including phenoxy) is 2. The Kier molecular flexibility index (Phi) is 7.41. The molecule has 4 nitrogen and oxygen atoms in total. The first-order valence-corrected chi connectivity index (χ1v) is 7.21. The maximum absolute atomic E-state index is 11.3. The minimum atomic E-state index is -0.674. The van der Waals surface area contributed by atoms with Gasteiger partial charge in [-0.05, 0) is 30.5 Å². The molecule has 0 bridgehead atoms. The van der Waals surface area contributed by atoms with E-state index in [1.807, 2.05) is 12.1 Å². The van der Waals surface area contributed by atoms with E-state index in [-0.39, 0.29) is 0 Å². The summed E-state index contributed by atoms with van der Waals surface area (Å²) in [6.45, 7) is 2.81. The van der Waals surface area contributed by atoms with Crippen LogP contribution in [0, 0.1) is 0 Å². The number of esters is 1. The fourth-order valence-corrected chi connectivity index (χ4v) is 2.07. The number of rotatable bonds is 8. The van der Waals surface area contributed by atoms with E-state index in [4.69, 9.17) is 22.1 Å². The number of nitrogens with two attached hydrogens (primary N) is 1. The molecule has 0 aromatic heterocycles. The lowest BCUT2D eigenvalue weighted by molar-refractivity contribution is -0.142. The summed E-state index contributed by atoms with van der Waals surface area (Å²) >= 11 is 6.16. The maximum atomic E-state index is 11.3. The molecule has 112 valence electrons. The molecule has 0 radical (unpaired) electrons. The van der Waals surface area contributed by atoms with Crippen molar-refractivity contribution in [2.75, 3.05) is 13.7 Å². The molecule has 0 saturated heterocycles. The first-order chi connectivity index (χ1) is 9.58. The van der Waals surface area contributed by atoms with Crippen LogP contribution in [-0.4, -0.2) is 25.7 Å². The number of hydrogen-bond acceptors (Lipinski definition) is 4. The Morgan fingerprint density at radius 3 is 2.75 bits per heavy atom. The number of carbonyl (C=O) groups is 1. The van der Waals surface area contributed by atoms with Crippen molar-refractivity contribution in [1.82, 2.24) is 0 Å². The summed E-state index contributed by atoms with van der Waals surface area (Å²) in [5.74, 6) is 0.235. The normalized spacial score (nSPS) is 12.0. The molecule has 0 fully saturated rings. The molecule has 1 aromatic rings. The second-order valence-electron chi connectivity index (χ2n) is 4.65. The van der Waals surface area contributed by atoms with Gasteiger partial charge in [0, 0.05) is 0 Å². The highest BCUT2D eigenvalue weighted by molar-refractivity contribution is 6.32. The number of unbranched alkanes of at least 4 members (excludes halogenated alkanes) is 2. The van der Waals surface area contributed by atoms with Crippen LogP contribution < -0.4 is 10.5 Å². The van der Waals surface area contributed by atoms with Gasteiger partial charge in [0.25, 0.3) is 0 Å². The van der Waals surface area contributed by atoms with Crippen LogP contribution >= 0.6 is 11.6 Å². The van der Waals surface area contributed by atoms with Crippen LogP contribution in [0.2, 0.25) is 5.02 Å². The third-order valence-corrected chi connectivity index (χ3v) is 3.26. The average Bonchev–Trinajstić information content (AvgIpc) is 2.44. The summed E-state index contributed by atoms with van der Waals surface area (Å²) < 4.78 is 10.2. The number of carbonyl (C=O) groups excluding carboxylic acids is 1. The van der Waals surface area contributed by atoms with Crippen molar-refractivity contribution in [1.29, 1.82) is 0 Å². The Labute approximate surface area is 125 Å². The van der Waals surface area contributed by atoms with Crippen LogP contribution in [0.4, 0.5) is 0 Å². The highest BCUT2D eigenvalue weighted by Gasteiger charge is 2.15. The van der Waals surface area contributed by atoms with Crippen molar-refractivity contribution in [3.8, 4) is 5.75 Å². The van der Waals surface area contributed by atoms with Gasteiger partial charge in [0.05, 0.1) is 18.7 Å². The lowest BCUT2D eigenvalue weighted by Gasteiger charge is -2.12. The lowest BCUT2D eigenvalue weighted by Crippen LogP contribution is -2.33. The topological polar surface area (TPSA) is 61.5 Å². The largest absolute Gasteiger partial charge is 0.492 e.